The molecule has 0 aromatic heterocycles. The minimum Gasteiger partial charge on any atom is -0.0622 e. The third-order valence-corrected chi connectivity index (χ3v) is 12.6. The molecule has 0 radical (unpaired) electrons. The lowest BCUT2D eigenvalue weighted by atomic mass is 9.68. The fourth-order valence-electron chi connectivity index (χ4n) is 10.1. The van der Waals surface area contributed by atoms with Crippen molar-refractivity contribution in [3.05, 3.63) is 205 Å². The molecule has 2 aliphatic rings. The van der Waals surface area contributed by atoms with E-state index < -0.39 is 6.04 Å². The van der Waals surface area contributed by atoms with Gasteiger partial charge in [0, 0.05) is 5.41 Å². The van der Waals surface area contributed by atoms with Gasteiger partial charge in [0.15, 0.2) is 0 Å². The Morgan fingerprint density at radius 1 is 0.351 bits per heavy atom. The molecule has 0 heteroatoms. The van der Waals surface area contributed by atoms with Gasteiger partial charge in [-0.1, -0.05) is 184 Å². The van der Waals surface area contributed by atoms with Crippen molar-refractivity contribution in [2.75, 3.05) is 0 Å². The number of hydrogen-bond acceptors (Lipinski definition) is 0. The Bertz CT molecular complexity index is 3560. The van der Waals surface area contributed by atoms with Crippen molar-refractivity contribution in [1.29, 1.82) is 0 Å². The van der Waals surface area contributed by atoms with Gasteiger partial charge in [-0.15, -0.1) is 0 Å². The van der Waals surface area contributed by atoms with Crippen molar-refractivity contribution in [3.8, 4) is 77.9 Å². The van der Waals surface area contributed by atoms with E-state index in [4.69, 9.17) is 4.11 Å². The predicted octanol–water partition coefficient (Wildman–Crippen LogP) is 15.8. The van der Waals surface area contributed by atoms with Crippen molar-refractivity contribution in [2.24, 2.45) is 0 Å². The molecular formula is C57H38. The molecule has 0 saturated heterocycles. The predicted molar refractivity (Wildman–Crippen MR) is 243 cm³/mol. The van der Waals surface area contributed by atoms with Crippen molar-refractivity contribution in [3.63, 3.8) is 0 Å². The average Bonchev–Trinajstić information content (AvgIpc) is 3.63. The number of rotatable bonds is 4. The van der Waals surface area contributed by atoms with E-state index in [2.05, 4.69) is 166 Å². The molecule has 0 atom stereocenters. The smallest absolute Gasteiger partial charge is 0.0622 e. The molecule has 12 rings (SSSR count). The number of fused-ring (bicyclic) bond motifs is 6. The molecule has 0 bridgehead atoms. The van der Waals surface area contributed by atoms with Crippen LogP contribution < -0.4 is 0 Å². The van der Waals surface area contributed by atoms with Gasteiger partial charge in [0.1, 0.15) is 0 Å². The zero-order valence-corrected chi connectivity index (χ0v) is 31.6. The van der Waals surface area contributed by atoms with Gasteiger partial charge in [0.2, 0.25) is 0 Å². The minimum atomic E-state index is -0.405. The van der Waals surface area contributed by atoms with E-state index in [0.29, 0.717) is 5.56 Å². The van der Waals surface area contributed by atoms with E-state index in [1.807, 2.05) is 12.1 Å². The molecule has 10 aromatic rings. The summed E-state index contributed by atoms with van der Waals surface area (Å²) in [7, 11) is 0. The first-order chi connectivity index (χ1) is 30.1. The third-order valence-electron chi connectivity index (χ3n) is 12.6. The number of hydrogen-bond donors (Lipinski definition) is 0. The Morgan fingerprint density at radius 2 is 0.912 bits per heavy atom. The quantitative estimate of drug-likeness (QED) is 0.169. The molecular weight excluding hydrogens is 685 g/mol. The second-order valence-corrected chi connectivity index (χ2v) is 16.0. The van der Waals surface area contributed by atoms with Crippen molar-refractivity contribution >= 4 is 32.3 Å². The lowest BCUT2D eigenvalue weighted by Crippen LogP contribution is -2.23. The molecule has 0 heterocycles. The van der Waals surface area contributed by atoms with Crippen LogP contribution in [0, 0.1) is 0 Å². The van der Waals surface area contributed by atoms with Crippen LogP contribution in [-0.4, -0.2) is 0 Å². The maximum atomic E-state index is 9.19. The van der Waals surface area contributed by atoms with Gasteiger partial charge in [0.05, 0.1) is 6.85 Å². The molecule has 57 heavy (non-hydrogen) atoms. The summed E-state index contributed by atoms with van der Waals surface area (Å²) < 4.78 is 44.3. The van der Waals surface area contributed by atoms with Gasteiger partial charge in [-0.25, -0.2) is 0 Å². The SMILES string of the molecule is [2H]c1c([2H])c([2H])c(-c2cc(-c3ccc4c(c3)-c3cccc5cccc(c35)C4(C)C)cc(-c3c4c(c(-c5ccccc5)c5ccccc35)-c3cccc5cccc-4c35)c2)c([2H])c1[2H]. The summed E-state index contributed by atoms with van der Waals surface area (Å²) in [5, 5.41) is 7.07. The molecule has 0 aliphatic heterocycles. The van der Waals surface area contributed by atoms with Crippen molar-refractivity contribution in [2.45, 2.75) is 19.3 Å². The Balaban J connectivity index is 1.21. The van der Waals surface area contributed by atoms with Crippen molar-refractivity contribution < 1.29 is 6.85 Å². The Morgan fingerprint density at radius 3 is 1.60 bits per heavy atom. The van der Waals surface area contributed by atoms with Gasteiger partial charge in [-0.3, -0.25) is 0 Å². The summed E-state index contributed by atoms with van der Waals surface area (Å²) in [6.45, 7) is 4.60. The molecule has 0 spiro atoms. The van der Waals surface area contributed by atoms with E-state index in [0.717, 1.165) is 49.7 Å². The lowest BCUT2D eigenvalue weighted by molar-refractivity contribution is 0.645. The second kappa shape index (κ2) is 12.0. The Labute approximate surface area is 340 Å². The molecule has 266 valence electrons. The molecule has 2 aliphatic carbocycles. The standard InChI is InChI=1S/C57H38/c1-57(2)49-30-29-39(34-48(49)45-25-11-21-37-22-14-28-50(57)52(37)45)41-31-40(35-15-5-3-6-16-35)32-42(33-41)54-44-24-10-9-23-43(44)53(38-17-7-4-8-18-38)55-46-26-12-19-36-20-13-27-47(51(36)46)56(54)55/h3-34H,1-2H3/i3D,5D,6D,15D,16D. The molecule has 0 amide bonds. The fraction of sp³-hybridized carbons (Fsp3) is 0.0526. The largest absolute Gasteiger partial charge is 0.0629 e. The van der Waals surface area contributed by atoms with Gasteiger partial charge >= 0.3 is 0 Å². The lowest BCUT2D eigenvalue weighted by Gasteiger charge is -2.35. The van der Waals surface area contributed by atoms with Crippen LogP contribution in [0.5, 0.6) is 0 Å². The van der Waals surface area contributed by atoms with Crippen LogP contribution >= 0.6 is 0 Å². The van der Waals surface area contributed by atoms with Gasteiger partial charge in [0.25, 0.3) is 0 Å². The summed E-state index contributed by atoms with van der Waals surface area (Å²) in [6.07, 6.45) is 0. The first kappa shape index (κ1) is 27.5. The van der Waals surface area contributed by atoms with Gasteiger partial charge in [-0.2, -0.15) is 0 Å². The van der Waals surface area contributed by atoms with Crippen LogP contribution in [0.15, 0.2) is 194 Å². The van der Waals surface area contributed by atoms with E-state index in [-0.39, 0.29) is 35.1 Å². The normalized spacial score (nSPS) is 14.5. The fourth-order valence-corrected chi connectivity index (χ4v) is 10.1. The molecule has 0 unspecified atom stereocenters. The summed E-state index contributed by atoms with van der Waals surface area (Å²) in [5.41, 5.74) is 16.3. The highest BCUT2D eigenvalue weighted by Crippen LogP contribution is 2.58. The van der Waals surface area contributed by atoms with Crippen LogP contribution in [0.4, 0.5) is 0 Å². The first-order valence-electron chi connectivity index (χ1n) is 22.2. The van der Waals surface area contributed by atoms with Gasteiger partial charge < -0.3 is 0 Å². The highest BCUT2D eigenvalue weighted by Gasteiger charge is 2.34. The summed E-state index contributed by atoms with van der Waals surface area (Å²) in [4.78, 5) is 0. The highest BCUT2D eigenvalue weighted by molar-refractivity contribution is 6.27. The molecule has 0 fully saturated rings. The average molecular weight is 728 g/mol. The zero-order valence-electron chi connectivity index (χ0n) is 36.6. The first-order valence-corrected chi connectivity index (χ1v) is 19.7. The monoisotopic (exact) mass is 727 g/mol. The van der Waals surface area contributed by atoms with Crippen LogP contribution in [-0.2, 0) is 5.41 Å². The molecule has 0 nitrogen and oxygen atoms in total. The number of benzene rings is 10. The van der Waals surface area contributed by atoms with Gasteiger partial charge in [-0.05, 0) is 146 Å². The molecule has 0 N–H and O–H groups in total. The zero-order chi connectivity index (χ0) is 42.2. The van der Waals surface area contributed by atoms with Crippen LogP contribution in [0.3, 0.4) is 0 Å². The molecule has 10 aromatic carbocycles. The van der Waals surface area contributed by atoms with Crippen LogP contribution in [0.25, 0.3) is 110 Å². The maximum absolute atomic E-state index is 9.19. The summed E-state index contributed by atoms with van der Waals surface area (Å²) >= 11 is 0. The van der Waals surface area contributed by atoms with E-state index >= 15 is 0 Å². The maximum Gasteiger partial charge on any atom is 0.0629 e. The minimum absolute atomic E-state index is 0.184. The van der Waals surface area contributed by atoms with E-state index in [1.54, 1.807) is 0 Å². The van der Waals surface area contributed by atoms with E-state index in [9.17, 15) is 2.74 Å². The molecule has 0 saturated carbocycles. The third kappa shape index (κ3) is 4.62. The van der Waals surface area contributed by atoms with Crippen molar-refractivity contribution in [1.82, 2.24) is 0 Å². The summed E-state index contributed by atoms with van der Waals surface area (Å²) in [6, 6.07) is 57.0. The second-order valence-electron chi connectivity index (χ2n) is 16.0. The van der Waals surface area contributed by atoms with Crippen LogP contribution in [0.1, 0.15) is 31.8 Å². The topological polar surface area (TPSA) is 0 Å². The van der Waals surface area contributed by atoms with E-state index in [1.165, 1.54) is 60.5 Å². The highest BCUT2D eigenvalue weighted by atomic mass is 14.4. The Kier molecular flexibility index (Phi) is 5.79. The van der Waals surface area contributed by atoms with Crippen LogP contribution in [0.2, 0.25) is 0 Å². The Hall–Kier alpha value is -7.02. The summed E-state index contributed by atoms with van der Waals surface area (Å²) in [5.74, 6) is 0.